The maximum atomic E-state index is 11.1. The Morgan fingerprint density at radius 1 is 0.933 bits per heavy atom. The first kappa shape index (κ1) is 10.5. The van der Waals surface area contributed by atoms with Gasteiger partial charge in [0.15, 0.2) is 0 Å². The van der Waals surface area contributed by atoms with Crippen molar-refractivity contribution in [3.8, 4) is 0 Å². The highest BCUT2D eigenvalue weighted by atomic mass is 16.4. The minimum atomic E-state index is -0.936. The Hall–Kier alpha value is -1.06. The Morgan fingerprint density at radius 2 is 1.27 bits per heavy atom. The normalized spacial score (nSPS) is 48.1. The second kappa shape index (κ2) is 3.22. The third-order valence-corrected chi connectivity index (χ3v) is 4.60. The van der Waals surface area contributed by atoms with Gasteiger partial charge in [-0.3, -0.25) is 9.59 Å². The van der Waals surface area contributed by atoms with E-state index >= 15 is 0 Å². The van der Waals surface area contributed by atoms with Gasteiger partial charge in [0.2, 0.25) is 0 Å². The van der Waals surface area contributed by atoms with E-state index in [4.69, 9.17) is 10.2 Å². The Kier molecular flexibility index (Phi) is 2.24. The van der Waals surface area contributed by atoms with Crippen LogP contribution in [0.25, 0.3) is 0 Å². The van der Waals surface area contributed by atoms with Crippen LogP contribution >= 0.6 is 0 Å². The van der Waals surface area contributed by atoms with Crippen molar-refractivity contribution < 1.29 is 19.8 Å². The molecule has 2 fully saturated rings. The third-order valence-electron chi connectivity index (χ3n) is 4.60. The number of fused-ring (bicyclic) bond motifs is 2. The van der Waals surface area contributed by atoms with Crippen molar-refractivity contribution in [1.82, 2.24) is 0 Å². The van der Waals surface area contributed by atoms with Crippen LogP contribution < -0.4 is 0 Å². The largest absolute Gasteiger partial charge is 0.481 e. The zero-order valence-electron chi connectivity index (χ0n) is 8.88. The molecule has 0 aromatic carbocycles. The summed E-state index contributed by atoms with van der Waals surface area (Å²) >= 11 is 0. The van der Waals surface area contributed by atoms with E-state index in [1.165, 1.54) is 0 Å². The fourth-order valence-corrected chi connectivity index (χ4v) is 3.68. The summed E-state index contributed by atoms with van der Waals surface area (Å²) in [4.78, 5) is 22.2. The first-order valence-electron chi connectivity index (χ1n) is 5.40. The number of rotatable bonds is 2. The molecule has 0 heterocycles. The van der Waals surface area contributed by atoms with Gasteiger partial charge < -0.3 is 10.2 Å². The molecular weight excluding hydrogens is 196 g/mol. The van der Waals surface area contributed by atoms with E-state index in [1.807, 2.05) is 13.8 Å². The van der Waals surface area contributed by atoms with Gasteiger partial charge in [-0.15, -0.1) is 0 Å². The van der Waals surface area contributed by atoms with Crippen molar-refractivity contribution in [3.63, 3.8) is 0 Å². The SMILES string of the molecule is CC1C(C)C2CC1C(C(=O)O)C2C(=O)O. The second-order valence-electron chi connectivity index (χ2n) is 5.01. The minimum Gasteiger partial charge on any atom is -0.481 e. The molecule has 2 saturated carbocycles. The number of hydrogen-bond acceptors (Lipinski definition) is 2. The molecule has 0 radical (unpaired) electrons. The maximum Gasteiger partial charge on any atom is 0.307 e. The van der Waals surface area contributed by atoms with E-state index in [0.29, 0.717) is 11.8 Å². The number of aliphatic carboxylic acids is 2. The molecule has 0 amide bonds. The highest BCUT2D eigenvalue weighted by Crippen LogP contribution is 2.58. The van der Waals surface area contributed by atoms with Gasteiger partial charge in [0, 0.05) is 0 Å². The standard InChI is InChI=1S/C11H16O4/c1-4-5(2)7-3-6(4)8(10(12)13)9(7)11(14)15/h4-9H,3H2,1-2H3,(H,12,13)(H,14,15). The molecule has 0 aromatic heterocycles. The van der Waals surface area contributed by atoms with Gasteiger partial charge in [-0.2, -0.15) is 0 Å². The van der Waals surface area contributed by atoms with Gasteiger partial charge in [-0.25, -0.2) is 0 Å². The molecule has 6 unspecified atom stereocenters. The highest BCUT2D eigenvalue weighted by molar-refractivity contribution is 5.81. The number of carbonyl (C=O) groups is 2. The number of carboxylic acids is 2. The molecule has 2 N–H and O–H groups in total. The van der Waals surface area contributed by atoms with Crippen molar-refractivity contribution >= 4 is 11.9 Å². The van der Waals surface area contributed by atoms with Crippen LogP contribution in [0.2, 0.25) is 0 Å². The van der Waals surface area contributed by atoms with E-state index in [1.54, 1.807) is 0 Å². The molecular formula is C11H16O4. The van der Waals surface area contributed by atoms with Crippen molar-refractivity contribution in [3.05, 3.63) is 0 Å². The molecule has 15 heavy (non-hydrogen) atoms. The third kappa shape index (κ3) is 1.27. The molecule has 0 aromatic rings. The van der Waals surface area contributed by atoms with Crippen LogP contribution in [0.4, 0.5) is 0 Å². The van der Waals surface area contributed by atoms with Crippen molar-refractivity contribution in [2.24, 2.45) is 35.5 Å². The molecule has 84 valence electrons. The van der Waals surface area contributed by atoms with Crippen LogP contribution in [0.15, 0.2) is 0 Å². The van der Waals surface area contributed by atoms with E-state index < -0.39 is 23.8 Å². The summed E-state index contributed by atoms with van der Waals surface area (Å²) < 4.78 is 0. The summed E-state index contributed by atoms with van der Waals surface area (Å²) in [5.41, 5.74) is 0. The van der Waals surface area contributed by atoms with Crippen molar-refractivity contribution in [2.45, 2.75) is 20.3 Å². The predicted octanol–water partition coefficient (Wildman–Crippen LogP) is 1.31. The zero-order chi connectivity index (χ0) is 11.3. The van der Waals surface area contributed by atoms with Crippen molar-refractivity contribution in [2.75, 3.05) is 0 Å². The van der Waals surface area contributed by atoms with E-state index in [0.717, 1.165) is 6.42 Å². The highest BCUT2D eigenvalue weighted by Gasteiger charge is 2.60. The molecule has 0 saturated heterocycles. The van der Waals surface area contributed by atoms with Gasteiger partial charge in [0.25, 0.3) is 0 Å². The van der Waals surface area contributed by atoms with Crippen LogP contribution in [-0.4, -0.2) is 22.2 Å². The first-order valence-corrected chi connectivity index (χ1v) is 5.40. The monoisotopic (exact) mass is 212 g/mol. The Balaban J connectivity index is 2.32. The molecule has 2 aliphatic carbocycles. The summed E-state index contributed by atoms with van der Waals surface area (Å²) in [7, 11) is 0. The fourth-order valence-electron chi connectivity index (χ4n) is 3.68. The maximum absolute atomic E-state index is 11.1. The topological polar surface area (TPSA) is 74.6 Å². The molecule has 2 rings (SSSR count). The van der Waals surface area contributed by atoms with Crippen LogP contribution in [-0.2, 0) is 9.59 Å². The fraction of sp³-hybridized carbons (Fsp3) is 0.818. The number of carboxylic acid groups (broad SMARTS) is 2. The summed E-state index contributed by atoms with van der Waals surface area (Å²) in [6.07, 6.45) is 0.774. The quantitative estimate of drug-likeness (QED) is 0.723. The van der Waals surface area contributed by atoms with Gasteiger partial charge in [0.05, 0.1) is 11.8 Å². The Labute approximate surface area is 88.3 Å². The minimum absolute atomic E-state index is 0.0589. The summed E-state index contributed by atoms with van der Waals surface area (Å²) in [6, 6.07) is 0. The van der Waals surface area contributed by atoms with Crippen LogP contribution in [0.5, 0.6) is 0 Å². The summed E-state index contributed by atoms with van der Waals surface area (Å²) in [5.74, 6) is -2.41. The number of hydrogen-bond donors (Lipinski definition) is 2. The molecule has 2 bridgehead atoms. The second-order valence-corrected chi connectivity index (χ2v) is 5.01. The Morgan fingerprint density at radius 3 is 1.53 bits per heavy atom. The van der Waals surface area contributed by atoms with Crippen LogP contribution in [0, 0.1) is 35.5 Å². The Bertz CT molecular complexity index is 282. The predicted molar refractivity (Wildman–Crippen MR) is 52.2 cm³/mol. The van der Waals surface area contributed by atoms with Gasteiger partial charge in [-0.1, -0.05) is 13.8 Å². The van der Waals surface area contributed by atoms with Crippen LogP contribution in [0.1, 0.15) is 20.3 Å². The van der Waals surface area contributed by atoms with E-state index in [2.05, 4.69) is 0 Å². The molecule has 0 aliphatic heterocycles. The van der Waals surface area contributed by atoms with Gasteiger partial charge in [-0.05, 0) is 30.1 Å². The van der Waals surface area contributed by atoms with Crippen LogP contribution in [0.3, 0.4) is 0 Å². The first-order chi connectivity index (χ1) is 6.95. The van der Waals surface area contributed by atoms with Gasteiger partial charge in [0.1, 0.15) is 0 Å². The summed E-state index contributed by atoms with van der Waals surface area (Å²) in [6.45, 7) is 4.09. The molecule has 6 atom stereocenters. The van der Waals surface area contributed by atoms with Crippen molar-refractivity contribution in [1.29, 1.82) is 0 Å². The molecule has 0 spiro atoms. The lowest BCUT2D eigenvalue weighted by Gasteiger charge is -2.33. The lowest BCUT2D eigenvalue weighted by atomic mass is 9.69. The molecule has 4 heteroatoms. The average molecular weight is 212 g/mol. The summed E-state index contributed by atoms with van der Waals surface area (Å²) in [5, 5.41) is 18.2. The van der Waals surface area contributed by atoms with E-state index in [9.17, 15) is 9.59 Å². The lowest BCUT2D eigenvalue weighted by molar-refractivity contribution is -0.158. The smallest absolute Gasteiger partial charge is 0.307 e. The molecule has 4 nitrogen and oxygen atoms in total. The van der Waals surface area contributed by atoms with E-state index in [-0.39, 0.29) is 11.8 Å². The lowest BCUT2D eigenvalue weighted by Crippen LogP contribution is -2.40. The van der Waals surface area contributed by atoms with Gasteiger partial charge >= 0.3 is 11.9 Å². The zero-order valence-corrected chi connectivity index (χ0v) is 8.88. The molecule has 2 aliphatic rings. The average Bonchev–Trinajstić information content (AvgIpc) is 2.64.